The van der Waals surface area contributed by atoms with Crippen LogP contribution in [-0.2, 0) is 19.3 Å². The molecule has 4 aromatic heterocycles. The minimum atomic E-state index is -4.43. The Labute approximate surface area is 223 Å². The minimum absolute atomic E-state index is 0.118. The van der Waals surface area contributed by atoms with Crippen molar-refractivity contribution >= 4 is 33.2 Å². The van der Waals surface area contributed by atoms with Crippen molar-refractivity contribution in [1.29, 1.82) is 0 Å². The lowest BCUT2D eigenvalue weighted by Crippen LogP contribution is -2.14. The lowest BCUT2D eigenvalue weighted by molar-refractivity contribution is -0.137. The van der Waals surface area contributed by atoms with E-state index in [0.717, 1.165) is 16.6 Å². The maximum atomic E-state index is 13.2. The summed E-state index contributed by atoms with van der Waals surface area (Å²) in [5, 5.41) is 16.3. The molecular weight excluding hydrogens is 565 g/mol. The van der Waals surface area contributed by atoms with Crippen LogP contribution in [0.2, 0.25) is 0 Å². The van der Waals surface area contributed by atoms with Crippen LogP contribution in [0.25, 0.3) is 17.0 Å². The van der Waals surface area contributed by atoms with Gasteiger partial charge in [-0.2, -0.15) is 28.5 Å². The highest BCUT2D eigenvalue weighted by atomic mass is 79.9. The van der Waals surface area contributed by atoms with E-state index >= 15 is 0 Å². The Morgan fingerprint density at radius 3 is 2.61 bits per heavy atom. The van der Waals surface area contributed by atoms with Gasteiger partial charge in [-0.05, 0) is 60.5 Å². The van der Waals surface area contributed by atoms with Crippen molar-refractivity contribution in [2.75, 3.05) is 5.32 Å². The Morgan fingerprint density at radius 2 is 1.89 bits per heavy atom. The van der Waals surface area contributed by atoms with Crippen LogP contribution >= 0.6 is 15.9 Å². The molecule has 5 aromatic rings. The van der Waals surface area contributed by atoms with E-state index in [1.54, 1.807) is 52.1 Å². The summed E-state index contributed by atoms with van der Waals surface area (Å²) in [6.07, 6.45) is -0.946. The van der Waals surface area contributed by atoms with E-state index in [1.807, 2.05) is 13.1 Å². The van der Waals surface area contributed by atoms with Crippen LogP contribution in [0, 0.1) is 13.8 Å². The number of anilines is 1. The third kappa shape index (κ3) is 4.80. The molecule has 1 amide bonds. The Morgan fingerprint density at radius 1 is 1.11 bits per heavy atom. The first kappa shape index (κ1) is 25.6. The normalized spacial score (nSPS) is 11.9. The smallest absolute Gasteiger partial charge is 0.317 e. The van der Waals surface area contributed by atoms with Gasteiger partial charge in [0.05, 0.1) is 39.4 Å². The molecule has 1 aromatic carbocycles. The molecule has 0 radical (unpaired) electrons. The summed E-state index contributed by atoms with van der Waals surface area (Å²) in [6, 6.07) is 8.43. The lowest BCUT2D eigenvalue weighted by Gasteiger charge is -2.10. The lowest BCUT2D eigenvalue weighted by atomic mass is 10.1. The van der Waals surface area contributed by atoms with Crippen molar-refractivity contribution in [2.45, 2.75) is 40.0 Å². The fraction of sp³-hybridized carbons (Fsp3) is 0.240. The summed E-state index contributed by atoms with van der Waals surface area (Å²) in [4.78, 5) is 17.5. The first-order chi connectivity index (χ1) is 18.0. The molecule has 0 saturated carbocycles. The third-order valence-corrected chi connectivity index (χ3v) is 6.66. The molecule has 9 nitrogen and oxygen atoms in total. The second-order valence-corrected chi connectivity index (χ2v) is 9.52. The van der Waals surface area contributed by atoms with Gasteiger partial charge >= 0.3 is 6.18 Å². The number of carbonyl (C=O) groups is 1. The van der Waals surface area contributed by atoms with Crippen LogP contribution in [0.4, 0.5) is 18.9 Å². The molecule has 0 saturated heterocycles. The zero-order valence-corrected chi connectivity index (χ0v) is 22.2. The number of hydrogen-bond acceptors (Lipinski definition) is 5. The van der Waals surface area contributed by atoms with Crippen LogP contribution in [0.1, 0.15) is 39.9 Å². The molecule has 0 fully saturated rings. The summed E-state index contributed by atoms with van der Waals surface area (Å²) in [6.45, 7) is 6.25. The zero-order valence-electron chi connectivity index (χ0n) is 20.6. The SMILES string of the molecule is CCn1cc(Br)c(-c2ccnc3cc(C(=O)Nc4c(C)nn(Cc5cccc(C(F)(F)F)c5)c4C)nn23)n1. The van der Waals surface area contributed by atoms with E-state index in [2.05, 4.69) is 41.5 Å². The van der Waals surface area contributed by atoms with Gasteiger partial charge in [-0.25, -0.2) is 9.50 Å². The molecular formula is C25H22BrF3N8O. The minimum Gasteiger partial charge on any atom is -0.317 e. The number of aromatic nitrogens is 7. The Balaban J connectivity index is 1.41. The quantitative estimate of drug-likeness (QED) is 0.283. The first-order valence-electron chi connectivity index (χ1n) is 11.6. The molecule has 0 spiro atoms. The summed E-state index contributed by atoms with van der Waals surface area (Å²) in [5.74, 6) is -0.468. The molecule has 196 valence electrons. The van der Waals surface area contributed by atoms with E-state index < -0.39 is 17.6 Å². The average Bonchev–Trinajstić information content (AvgIpc) is 3.55. The maximum Gasteiger partial charge on any atom is 0.416 e. The molecule has 0 atom stereocenters. The van der Waals surface area contributed by atoms with Gasteiger partial charge in [0.15, 0.2) is 11.3 Å². The van der Waals surface area contributed by atoms with Gasteiger partial charge in [-0.3, -0.25) is 14.2 Å². The largest absolute Gasteiger partial charge is 0.416 e. The fourth-order valence-corrected chi connectivity index (χ4v) is 4.67. The van der Waals surface area contributed by atoms with Crippen LogP contribution in [0.15, 0.2) is 53.3 Å². The molecule has 0 bridgehead atoms. The molecule has 0 unspecified atom stereocenters. The number of halogens is 4. The van der Waals surface area contributed by atoms with E-state index in [9.17, 15) is 18.0 Å². The highest BCUT2D eigenvalue weighted by Gasteiger charge is 2.30. The Bertz CT molecular complexity index is 1670. The van der Waals surface area contributed by atoms with E-state index in [4.69, 9.17) is 0 Å². The van der Waals surface area contributed by atoms with Gasteiger partial charge in [-0.1, -0.05) is 12.1 Å². The molecule has 13 heteroatoms. The maximum absolute atomic E-state index is 13.2. The van der Waals surface area contributed by atoms with E-state index in [0.29, 0.717) is 46.2 Å². The number of rotatable bonds is 6. The summed E-state index contributed by atoms with van der Waals surface area (Å²) < 4.78 is 45.0. The van der Waals surface area contributed by atoms with Crippen molar-refractivity contribution < 1.29 is 18.0 Å². The molecule has 38 heavy (non-hydrogen) atoms. The van der Waals surface area contributed by atoms with Gasteiger partial charge in [0.2, 0.25) is 0 Å². The highest BCUT2D eigenvalue weighted by Crippen LogP contribution is 2.30. The third-order valence-electron chi connectivity index (χ3n) is 6.08. The van der Waals surface area contributed by atoms with Gasteiger partial charge in [-0.15, -0.1) is 0 Å². The number of fused-ring (bicyclic) bond motifs is 1. The Hall–Kier alpha value is -4.00. The second kappa shape index (κ2) is 9.71. The standard InChI is InChI=1S/C25H22BrF3N8O/c1-4-35-13-18(26)23(34-35)20-8-9-30-21-11-19(33-37(20)21)24(38)31-22-14(2)32-36(15(22)3)12-16-6-5-7-17(10-16)25(27,28)29/h5-11,13H,4,12H2,1-3H3,(H,31,38). The van der Waals surface area contributed by atoms with E-state index in [1.165, 1.54) is 6.07 Å². The van der Waals surface area contributed by atoms with Gasteiger partial charge in [0.1, 0.15) is 5.69 Å². The summed E-state index contributed by atoms with van der Waals surface area (Å²) in [7, 11) is 0. The number of alkyl halides is 3. The van der Waals surface area contributed by atoms with Gasteiger partial charge in [0.25, 0.3) is 5.91 Å². The predicted octanol–water partition coefficient (Wildman–Crippen LogP) is 5.51. The zero-order chi connectivity index (χ0) is 27.2. The number of amides is 1. The number of hydrogen-bond donors (Lipinski definition) is 1. The topological polar surface area (TPSA) is 94.9 Å². The first-order valence-corrected chi connectivity index (χ1v) is 12.4. The number of benzene rings is 1. The van der Waals surface area contributed by atoms with Crippen molar-refractivity contribution in [3.05, 3.63) is 81.5 Å². The fourth-order valence-electron chi connectivity index (χ4n) is 4.15. The van der Waals surface area contributed by atoms with Crippen LogP contribution in [0.3, 0.4) is 0 Å². The number of nitrogens with zero attached hydrogens (tertiary/aromatic N) is 7. The van der Waals surface area contributed by atoms with Crippen LogP contribution in [0.5, 0.6) is 0 Å². The second-order valence-electron chi connectivity index (χ2n) is 8.67. The van der Waals surface area contributed by atoms with Gasteiger partial charge in [0, 0.05) is 25.0 Å². The van der Waals surface area contributed by atoms with Crippen molar-refractivity contribution in [2.24, 2.45) is 0 Å². The van der Waals surface area contributed by atoms with Crippen LogP contribution in [-0.4, -0.2) is 40.1 Å². The molecule has 5 rings (SSSR count). The summed E-state index contributed by atoms with van der Waals surface area (Å²) in [5.41, 5.74) is 3.25. The van der Waals surface area contributed by atoms with Crippen molar-refractivity contribution in [3.63, 3.8) is 0 Å². The molecule has 0 aliphatic carbocycles. The van der Waals surface area contributed by atoms with Crippen LogP contribution < -0.4 is 5.32 Å². The number of carbonyl (C=O) groups excluding carboxylic acids is 1. The number of nitrogens with one attached hydrogen (secondary N) is 1. The number of aryl methyl sites for hydroxylation is 2. The molecule has 0 aliphatic heterocycles. The van der Waals surface area contributed by atoms with Crippen molar-refractivity contribution in [1.82, 2.24) is 34.2 Å². The van der Waals surface area contributed by atoms with Crippen molar-refractivity contribution in [3.8, 4) is 11.4 Å². The van der Waals surface area contributed by atoms with E-state index in [-0.39, 0.29) is 12.2 Å². The average molecular weight is 587 g/mol. The monoisotopic (exact) mass is 586 g/mol. The molecule has 1 N–H and O–H groups in total. The highest BCUT2D eigenvalue weighted by molar-refractivity contribution is 9.10. The predicted molar refractivity (Wildman–Crippen MR) is 138 cm³/mol. The molecule has 4 heterocycles. The summed E-state index contributed by atoms with van der Waals surface area (Å²) >= 11 is 3.53. The van der Waals surface area contributed by atoms with Gasteiger partial charge < -0.3 is 5.32 Å². The molecule has 0 aliphatic rings. The Kier molecular flexibility index (Phi) is 6.55.